The number of rotatable bonds is 3. The third-order valence-corrected chi connectivity index (χ3v) is 2.55. The van der Waals surface area contributed by atoms with E-state index in [0.29, 0.717) is 17.8 Å². The summed E-state index contributed by atoms with van der Waals surface area (Å²) in [6.07, 6.45) is 3.51. The molecule has 0 aliphatic carbocycles. The van der Waals surface area contributed by atoms with Crippen LogP contribution in [0, 0.1) is 0 Å². The topological polar surface area (TPSA) is 75.3 Å². The summed E-state index contributed by atoms with van der Waals surface area (Å²) in [6, 6.07) is 5.12. The second-order valence-electron chi connectivity index (χ2n) is 3.89. The fourth-order valence-corrected chi connectivity index (χ4v) is 1.72. The Morgan fingerprint density at radius 3 is 2.89 bits per heavy atom. The first-order valence-corrected chi connectivity index (χ1v) is 5.49. The number of para-hydroxylation sites is 1. The Labute approximate surface area is 104 Å². The minimum Gasteiger partial charge on any atom is -0.353 e. The summed E-state index contributed by atoms with van der Waals surface area (Å²) in [5, 5.41) is 5.16. The first-order chi connectivity index (χ1) is 8.59. The van der Waals surface area contributed by atoms with E-state index in [1.54, 1.807) is 30.4 Å². The number of benzene rings is 1. The summed E-state index contributed by atoms with van der Waals surface area (Å²) in [6.45, 7) is 1.84. The molecule has 1 aliphatic rings. The molecular weight excluding hydrogens is 232 g/mol. The van der Waals surface area contributed by atoms with Crippen molar-refractivity contribution in [2.75, 3.05) is 11.9 Å². The minimum atomic E-state index is -0.604. The quantitative estimate of drug-likeness (QED) is 0.778. The van der Waals surface area contributed by atoms with Crippen LogP contribution in [-0.2, 0) is 9.59 Å². The van der Waals surface area contributed by atoms with Crippen molar-refractivity contribution in [1.29, 1.82) is 0 Å². The molecule has 0 spiro atoms. The van der Waals surface area contributed by atoms with Crippen LogP contribution in [0.15, 0.2) is 24.3 Å². The van der Waals surface area contributed by atoms with Gasteiger partial charge in [0.25, 0.3) is 11.7 Å². The molecule has 0 saturated carbocycles. The summed E-state index contributed by atoms with van der Waals surface area (Å²) in [5.41, 5.74) is 1.67. The van der Waals surface area contributed by atoms with Crippen molar-refractivity contribution < 1.29 is 14.4 Å². The van der Waals surface area contributed by atoms with Gasteiger partial charge in [-0.15, -0.1) is 0 Å². The van der Waals surface area contributed by atoms with Crippen LogP contribution in [0.1, 0.15) is 22.8 Å². The van der Waals surface area contributed by atoms with E-state index in [9.17, 15) is 14.4 Å². The fraction of sp³-hybridized carbons (Fsp3) is 0.154. The van der Waals surface area contributed by atoms with Gasteiger partial charge in [0.2, 0.25) is 5.91 Å². The van der Waals surface area contributed by atoms with Gasteiger partial charge in [-0.25, -0.2) is 0 Å². The van der Waals surface area contributed by atoms with Gasteiger partial charge >= 0.3 is 0 Å². The van der Waals surface area contributed by atoms with E-state index in [1.807, 2.05) is 0 Å². The van der Waals surface area contributed by atoms with E-state index in [2.05, 4.69) is 10.6 Å². The van der Waals surface area contributed by atoms with E-state index in [0.717, 1.165) is 5.56 Å². The van der Waals surface area contributed by atoms with E-state index in [1.165, 1.54) is 6.92 Å². The van der Waals surface area contributed by atoms with Crippen molar-refractivity contribution in [3.8, 4) is 0 Å². The zero-order valence-electron chi connectivity index (χ0n) is 9.82. The van der Waals surface area contributed by atoms with Crippen LogP contribution in [0.3, 0.4) is 0 Å². The van der Waals surface area contributed by atoms with Gasteiger partial charge in [0, 0.05) is 13.5 Å². The maximum Gasteiger partial charge on any atom is 0.296 e. The van der Waals surface area contributed by atoms with Gasteiger partial charge in [-0.1, -0.05) is 24.3 Å². The molecule has 1 aromatic rings. The number of hydrogen-bond acceptors (Lipinski definition) is 3. The summed E-state index contributed by atoms with van der Waals surface area (Å²) >= 11 is 0. The monoisotopic (exact) mass is 244 g/mol. The molecule has 2 amide bonds. The van der Waals surface area contributed by atoms with Crippen LogP contribution >= 0.6 is 0 Å². The van der Waals surface area contributed by atoms with Crippen LogP contribution in [-0.4, -0.2) is 24.1 Å². The highest BCUT2D eigenvalue weighted by molar-refractivity contribution is 6.52. The molecule has 0 fully saturated rings. The first kappa shape index (κ1) is 12.0. The molecule has 92 valence electrons. The van der Waals surface area contributed by atoms with Gasteiger partial charge < -0.3 is 10.6 Å². The third-order valence-electron chi connectivity index (χ3n) is 2.55. The molecule has 2 N–H and O–H groups in total. The molecule has 1 heterocycles. The van der Waals surface area contributed by atoms with E-state index in [-0.39, 0.29) is 5.91 Å². The average molecular weight is 244 g/mol. The van der Waals surface area contributed by atoms with E-state index in [4.69, 9.17) is 0 Å². The Bertz CT molecular complexity index is 561. The molecule has 0 radical (unpaired) electrons. The maximum atomic E-state index is 11.5. The second-order valence-corrected chi connectivity index (χ2v) is 3.89. The van der Waals surface area contributed by atoms with E-state index < -0.39 is 11.7 Å². The number of Topliss-reactive ketones (excluding diaryl/α,β-unsaturated/α-hetero) is 1. The maximum absolute atomic E-state index is 11.5. The lowest BCUT2D eigenvalue weighted by Crippen LogP contribution is -2.19. The number of hydrogen-bond donors (Lipinski definition) is 2. The molecule has 0 unspecified atom stereocenters. The van der Waals surface area contributed by atoms with Crippen molar-refractivity contribution in [3.63, 3.8) is 0 Å². The smallest absolute Gasteiger partial charge is 0.296 e. The number of ketones is 1. The molecule has 0 bridgehead atoms. The standard InChI is InChI=1S/C13H12N2O3/c1-8(16)14-7-3-5-9-4-2-6-10-11(9)15-13(18)12(10)17/h2-6H,7H2,1H3,(H,14,16)(H,15,17,18). The number of amides is 2. The molecule has 0 atom stereocenters. The Morgan fingerprint density at radius 1 is 1.39 bits per heavy atom. The summed E-state index contributed by atoms with van der Waals surface area (Å²) in [4.78, 5) is 33.4. The van der Waals surface area contributed by atoms with Gasteiger partial charge in [0.15, 0.2) is 0 Å². The van der Waals surface area contributed by atoms with Gasteiger partial charge in [-0.05, 0) is 11.6 Å². The Morgan fingerprint density at radius 2 is 2.17 bits per heavy atom. The number of nitrogens with one attached hydrogen (secondary N) is 2. The molecule has 0 aromatic heterocycles. The number of carbonyl (C=O) groups is 3. The van der Waals surface area contributed by atoms with Crippen molar-refractivity contribution in [2.45, 2.75) is 6.92 Å². The number of anilines is 1. The summed E-state index contributed by atoms with van der Waals surface area (Å²) < 4.78 is 0. The third kappa shape index (κ3) is 2.29. The SMILES string of the molecule is CC(=O)NCC=Cc1cccc2c1NC(=O)C2=O. The van der Waals surface area contributed by atoms with Crippen molar-refractivity contribution >= 4 is 29.4 Å². The van der Waals surface area contributed by atoms with Crippen molar-refractivity contribution in [3.05, 3.63) is 35.4 Å². The molecule has 5 heteroatoms. The largest absolute Gasteiger partial charge is 0.353 e. The van der Waals surface area contributed by atoms with Gasteiger partial charge in [-0.3, -0.25) is 14.4 Å². The van der Waals surface area contributed by atoms with Gasteiger partial charge in [0.05, 0.1) is 11.3 Å². The molecule has 5 nitrogen and oxygen atoms in total. The Balaban J connectivity index is 2.19. The van der Waals surface area contributed by atoms with Crippen LogP contribution in [0.4, 0.5) is 5.69 Å². The number of fused-ring (bicyclic) bond motifs is 1. The molecule has 1 aliphatic heterocycles. The van der Waals surface area contributed by atoms with Crippen LogP contribution in [0.5, 0.6) is 0 Å². The summed E-state index contributed by atoms with van der Waals surface area (Å²) in [7, 11) is 0. The minimum absolute atomic E-state index is 0.110. The highest BCUT2D eigenvalue weighted by Crippen LogP contribution is 2.27. The Hall–Kier alpha value is -2.43. The molecule has 18 heavy (non-hydrogen) atoms. The molecule has 1 aromatic carbocycles. The number of carbonyl (C=O) groups excluding carboxylic acids is 3. The molecular formula is C13H12N2O3. The van der Waals surface area contributed by atoms with Gasteiger partial charge in [-0.2, -0.15) is 0 Å². The predicted molar refractivity (Wildman–Crippen MR) is 67.1 cm³/mol. The zero-order valence-corrected chi connectivity index (χ0v) is 9.82. The molecule has 2 rings (SSSR count). The highest BCUT2D eigenvalue weighted by Gasteiger charge is 2.28. The normalized spacial score (nSPS) is 13.6. The van der Waals surface area contributed by atoms with Gasteiger partial charge in [0.1, 0.15) is 0 Å². The Kier molecular flexibility index (Phi) is 3.23. The zero-order chi connectivity index (χ0) is 13.1. The fourth-order valence-electron chi connectivity index (χ4n) is 1.72. The predicted octanol–water partition coefficient (Wildman–Crippen LogP) is 0.971. The summed E-state index contributed by atoms with van der Waals surface area (Å²) in [5.74, 6) is -1.23. The second kappa shape index (κ2) is 4.83. The van der Waals surface area contributed by atoms with Crippen molar-refractivity contribution in [2.24, 2.45) is 0 Å². The lowest BCUT2D eigenvalue weighted by molar-refractivity contribution is -0.118. The highest BCUT2D eigenvalue weighted by atomic mass is 16.2. The van der Waals surface area contributed by atoms with Crippen molar-refractivity contribution in [1.82, 2.24) is 5.32 Å². The average Bonchev–Trinajstić information content (AvgIpc) is 2.62. The van der Waals surface area contributed by atoms with Crippen LogP contribution in [0.25, 0.3) is 6.08 Å². The van der Waals surface area contributed by atoms with Crippen LogP contribution < -0.4 is 10.6 Å². The lowest BCUT2D eigenvalue weighted by Gasteiger charge is -2.02. The van der Waals surface area contributed by atoms with Crippen LogP contribution in [0.2, 0.25) is 0 Å². The first-order valence-electron chi connectivity index (χ1n) is 5.49. The molecule has 0 saturated heterocycles. The lowest BCUT2D eigenvalue weighted by atomic mass is 10.1. The van der Waals surface area contributed by atoms with E-state index >= 15 is 0 Å².